The standard InChI is InChI=1S/2C13H16P.C2H7Si.2ClH.Zr/c2*1-4-10-8-11-6-5-7-13(14(2)3)12(11)9-10;1-3-2;;;/h2*5-9H,4H2,1-3H3;3H,1-2H3;2*1H;/q;;;;;+2/p-2. The summed E-state index contributed by atoms with van der Waals surface area (Å²) in [5.74, 6) is -1.46. The van der Waals surface area contributed by atoms with Gasteiger partial charge in [0.15, 0.2) is 0 Å². The van der Waals surface area contributed by atoms with Crippen LogP contribution in [0.1, 0.15) is 56.2 Å². The van der Waals surface area contributed by atoms with Crippen LogP contribution >= 0.6 is 32.9 Å². The van der Waals surface area contributed by atoms with Gasteiger partial charge in [0.05, 0.1) is 0 Å². The van der Waals surface area contributed by atoms with Gasteiger partial charge >= 0.3 is 221 Å². The van der Waals surface area contributed by atoms with Crippen LogP contribution in [0.4, 0.5) is 0 Å². The van der Waals surface area contributed by atoms with E-state index in [1.165, 1.54) is 44.0 Å². The molecule has 183 valence electrons. The maximum absolute atomic E-state index is 8.37. The van der Waals surface area contributed by atoms with E-state index in [0.717, 1.165) is 12.8 Å². The third-order valence-corrected chi connectivity index (χ3v) is 62.8. The van der Waals surface area contributed by atoms with Gasteiger partial charge in [0.1, 0.15) is 0 Å². The summed E-state index contributed by atoms with van der Waals surface area (Å²) in [6.45, 7) is 19.0. The molecule has 0 aliphatic heterocycles. The molecule has 6 heteroatoms. The van der Waals surface area contributed by atoms with Crippen molar-refractivity contribution in [3.63, 3.8) is 0 Å². The molecule has 2 aliphatic carbocycles. The van der Waals surface area contributed by atoms with E-state index in [-0.39, 0.29) is 23.1 Å². The summed E-state index contributed by atoms with van der Waals surface area (Å²) in [5.41, 5.74) is 8.74. The van der Waals surface area contributed by atoms with Gasteiger partial charge in [-0.1, -0.05) is 0 Å². The van der Waals surface area contributed by atoms with E-state index in [2.05, 4.69) is 102 Å². The van der Waals surface area contributed by atoms with Crippen molar-refractivity contribution in [3.8, 4) is 0 Å². The molecule has 2 aliphatic rings. The SMILES string of the molecule is CCC1=Cc2c(cccc2P(C)C)[CH]1[Zr]([Cl])([Cl])([CH]1C(CC)=Cc2c1cccc2P(C)C)[SiH](C)C. The molecule has 34 heavy (non-hydrogen) atoms. The van der Waals surface area contributed by atoms with Crippen LogP contribution in [0.15, 0.2) is 47.5 Å². The van der Waals surface area contributed by atoms with Crippen molar-refractivity contribution >= 4 is 61.6 Å². The minimum absolute atomic E-state index is 0.191. The summed E-state index contributed by atoms with van der Waals surface area (Å²) in [7, 11) is 16.4. The molecule has 0 bridgehead atoms. The molecule has 2 aromatic carbocycles. The predicted molar refractivity (Wildman–Crippen MR) is 162 cm³/mol. The van der Waals surface area contributed by atoms with Crippen LogP contribution in [-0.4, -0.2) is 32.6 Å². The fraction of sp³-hybridized carbons (Fsp3) is 0.429. The zero-order valence-electron chi connectivity index (χ0n) is 21.9. The van der Waals surface area contributed by atoms with E-state index in [9.17, 15) is 0 Å². The number of halogens is 2. The first-order valence-electron chi connectivity index (χ1n) is 12.6. The van der Waals surface area contributed by atoms with Crippen LogP contribution in [0.3, 0.4) is 0 Å². The maximum atomic E-state index is 8.37. The van der Waals surface area contributed by atoms with Gasteiger partial charge in [-0.3, -0.25) is 0 Å². The van der Waals surface area contributed by atoms with Crippen LogP contribution in [0.2, 0.25) is 13.1 Å². The Balaban J connectivity index is 2.03. The molecule has 2 atom stereocenters. The first-order valence-corrected chi connectivity index (χ1v) is 33.3. The molecule has 2 unspecified atom stereocenters. The number of hydrogen-bond donors (Lipinski definition) is 0. The third kappa shape index (κ3) is 4.11. The van der Waals surface area contributed by atoms with Crippen molar-refractivity contribution in [2.45, 2.75) is 47.0 Å². The van der Waals surface area contributed by atoms with Crippen molar-refractivity contribution in [1.82, 2.24) is 0 Å². The van der Waals surface area contributed by atoms with E-state index >= 15 is 0 Å². The summed E-state index contributed by atoms with van der Waals surface area (Å²) in [6.07, 6.45) is 7.03. The summed E-state index contributed by atoms with van der Waals surface area (Å²) < 4.78 is 0.455. The van der Waals surface area contributed by atoms with Gasteiger partial charge in [-0.25, -0.2) is 0 Å². The number of rotatable bonds is 7. The molecule has 0 amide bonds. The van der Waals surface area contributed by atoms with Gasteiger partial charge in [-0.15, -0.1) is 0 Å². The van der Waals surface area contributed by atoms with E-state index in [1.807, 2.05) is 0 Å². The molecular formula is C28H39Cl2P2SiZr. The molecule has 0 heterocycles. The molecule has 0 spiro atoms. The van der Waals surface area contributed by atoms with Gasteiger partial charge in [-0.05, 0) is 0 Å². The van der Waals surface area contributed by atoms with Gasteiger partial charge in [-0.2, -0.15) is 0 Å². The molecule has 2 aromatic rings. The first kappa shape index (κ1) is 27.5. The van der Waals surface area contributed by atoms with Crippen molar-refractivity contribution in [1.29, 1.82) is 0 Å². The van der Waals surface area contributed by atoms with E-state index in [1.54, 1.807) is 0 Å². The Kier molecular flexibility index (Phi) is 8.06. The molecule has 0 saturated carbocycles. The summed E-state index contributed by atoms with van der Waals surface area (Å²) in [6, 6.07) is 13.9. The average molecular weight is 628 g/mol. The Morgan fingerprint density at radius 1 is 0.735 bits per heavy atom. The fourth-order valence-corrected chi connectivity index (χ4v) is 40.3. The van der Waals surface area contributed by atoms with Gasteiger partial charge in [0.25, 0.3) is 0 Å². The molecule has 0 nitrogen and oxygen atoms in total. The zero-order valence-corrected chi connectivity index (χ0v) is 28.8. The molecule has 0 fully saturated rings. The molecule has 0 radical (unpaired) electrons. The van der Waals surface area contributed by atoms with E-state index in [0.29, 0.717) is 0 Å². The van der Waals surface area contributed by atoms with Crippen molar-refractivity contribution in [2.75, 3.05) is 26.7 Å². The number of benzene rings is 2. The first-order chi connectivity index (χ1) is 16.0. The summed E-state index contributed by atoms with van der Waals surface area (Å²) in [5, 5.41) is 3.00. The Bertz CT molecular complexity index is 1100. The van der Waals surface area contributed by atoms with Gasteiger partial charge < -0.3 is 0 Å². The second-order valence-electron chi connectivity index (χ2n) is 10.7. The number of fused-ring (bicyclic) bond motifs is 2. The Hall–Kier alpha value is 0.460. The predicted octanol–water partition coefficient (Wildman–Crippen LogP) is 8.80. The second-order valence-corrected chi connectivity index (χ2v) is 57.8. The molecule has 4 rings (SSSR count). The second kappa shape index (κ2) is 9.97. The van der Waals surface area contributed by atoms with Crippen molar-refractivity contribution in [3.05, 3.63) is 69.8 Å². The normalized spacial score (nSPS) is 20.9. The third-order valence-electron chi connectivity index (χ3n) is 8.24. The van der Waals surface area contributed by atoms with Crippen LogP contribution < -0.4 is 10.6 Å². The Morgan fingerprint density at radius 2 is 1.12 bits per heavy atom. The van der Waals surface area contributed by atoms with Crippen LogP contribution in [0.25, 0.3) is 12.2 Å². The quantitative estimate of drug-likeness (QED) is 0.213. The van der Waals surface area contributed by atoms with Gasteiger partial charge in [0.2, 0.25) is 0 Å². The Morgan fingerprint density at radius 3 is 1.41 bits per heavy atom. The van der Waals surface area contributed by atoms with Gasteiger partial charge in [0, 0.05) is 0 Å². The average Bonchev–Trinajstić information content (AvgIpc) is 3.37. The number of hydrogen-bond acceptors (Lipinski definition) is 0. The van der Waals surface area contributed by atoms with Crippen molar-refractivity contribution < 1.29 is 15.6 Å². The molecular weight excluding hydrogens is 588 g/mol. The van der Waals surface area contributed by atoms with Crippen LogP contribution in [0.5, 0.6) is 0 Å². The topological polar surface area (TPSA) is 0 Å². The van der Waals surface area contributed by atoms with Crippen LogP contribution in [-0.2, 0) is 15.6 Å². The van der Waals surface area contributed by atoms with Crippen molar-refractivity contribution in [2.24, 2.45) is 0 Å². The van der Waals surface area contributed by atoms with E-state index < -0.39 is 21.5 Å². The Labute approximate surface area is 218 Å². The monoisotopic (exact) mass is 625 g/mol. The summed E-state index contributed by atoms with van der Waals surface area (Å²) >= 11 is -4.52. The summed E-state index contributed by atoms with van der Waals surface area (Å²) in [4.78, 5) is 0. The minimum atomic E-state index is -4.52. The molecule has 0 N–H and O–H groups in total. The zero-order chi connectivity index (χ0) is 25.0. The molecule has 0 aromatic heterocycles. The van der Waals surface area contributed by atoms with Crippen LogP contribution in [0, 0.1) is 0 Å². The number of allylic oxidation sites excluding steroid dienone is 2. The molecule has 0 saturated heterocycles. The fourth-order valence-electron chi connectivity index (χ4n) is 6.42. The van der Waals surface area contributed by atoms with E-state index in [4.69, 9.17) is 17.0 Å².